The van der Waals surface area contributed by atoms with Crippen LogP contribution in [0.3, 0.4) is 0 Å². The number of methoxy groups -OCH3 is 1. The monoisotopic (exact) mass is 207 g/mol. The van der Waals surface area contributed by atoms with Gasteiger partial charge in [-0.1, -0.05) is 12.1 Å². The SMILES string of the molecule is COC(=O)c1c[nH]c2c(F)c(C)ccc12. The quantitative estimate of drug-likeness (QED) is 0.729. The summed E-state index contributed by atoms with van der Waals surface area (Å²) in [4.78, 5) is 14.1. The smallest absolute Gasteiger partial charge is 0.340 e. The summed E-state index contributed by atoms with van der Waals surface area (Å²) in [6.07, 6.45) is 1.46. The minimum atomic E-state index is -0.468. The summed E-state index contributed by atoms with van der Waals surface area (Å²) in [7, 11) is 1.30. The number of ether oxygens (including phenoxy) is 1. The van der Waals surface area contributed by atoms with Gasteiger partial charge in [-0.2, -0.15) is 0 Å². The first-order valence-corrected chi connectivity index (χ1v) is 4.49. The highest BCUT2D eigenvalue weighted by Crippen LogP contribution is 2.23. The minimum absolute atomic E-state index is 0.331. The predicted octanol–water partition coefficient (Wildman–Crippen LogP) is 2.40. The molecule has 78 valence electrons. The van der Waals surface area contributed by atoms with E-state index >= 15 is 0 Å². The standard InChI is InChI=1S/C11H10FNO2/c1-6-3-4-7-8(11(14)15-2)5-13-10(7)9(6)12/h3-5,13H,1-2H3. The lowest BCUT2D eigenvalue weighted by molar-refractivity contribution is 0.0603. The molecule has 1 aromatic heterocycles. The molecule has 0 aliphatic carbocycles. The number of benzene rings is 1. The number of esters is 1. The van der Waals surface area contributed by atoms with Crippen molar-refractivity contribution in [2.45, 2.75) is 6.92 Å². The molecule has 0 spiro atoms. The molecule has 0 saturated heterocycles. The maximum atomic E-state index is 13.6. The first-order chi connectivity index (χ1) is 7.15. The summed E-state index contributed by atoms with van der Waals surface area (Å²) in [5.41, 5.74) is 1.24. The molecule has 0 fully saturated rings. The van der Waals surface area contributed by atoms with Crippen LogP contribution in [0.4, 0.5) is 4.39 Å². The summed E-state index contributed by atoms with van der Waals surface area (Å²) >= 11 is 0. The van der Waals surface area contributed by atoms with Crippen LogP contribution < -0.4 is 0 Å². The lowest BCUT2D eigenvalue weighted by Crippen LogP contribution is -1.99. The number of carbonyl (C=O) groups excluding carboxylic acids is 1. The van der Waals surface area contributed by atoms with Gasteiger partial charge >= 0.3 is 5.97 Å². The van der Waals surface area contributed by atoms with Crippen LogP contribution in [0.5, 0.6) is 0 Å². The van der Waals surface area contributed by atoms with Crippen molar-refractivity contribution in [1.29, 1.82) is 0 Å². The van der Waals surface area contributed by atoms with Gasteiger partial charge in [-0.3, -0.25) is 0 Å². The first-order valence-electron chi connectivity index (χ1n) is 4.49. The number of halogens is 1. The Bertz CT molecular complexity index is 531. The Balaban J connectivity index is 2.72. The summed E-state index contributed by atoms with van der Waals surface area (Å²) in [5, 5.41) is 0.546. The molecule has 1 aromatic carbocycles. The van der Waals surface area contributed by atoms with E-state index < -0.39 is 5.97 Å². The van der Waals surface area contributed by atoms with Crippen molar-refractivity contribution in [2.24, 2.45) is 0 Å². The molecule has 0 saturated carbocycles. The highest BCUT2D eigenvalue weighted by molar-refractivity contribution is 6.04. The molecule has 2 aromatic rings. The molecular formula is C11H10FNO2. The average Bonchev–Trinajstić information content (AvgIpc) is 2.66. The fourth-order valence-corrected chi connectivity index (χ4v) is 1.55. The molecular weight excluding hydrogens is 197 g/mol. The molecule has 1 heterocycles. The van der Waals surface area contributed by atoms with Gasteiger partial charge in [-0.05, 0) is 12.5 Å². The van der Waals surface area contributed by atoms with Crippen molar-refractivity contribution in [3.05, 3.63) is 35.3 Å². The van der Waals surface area contributed by atoms with Crippen molar-refractivity contribution in [3.8, 4) is 0 Å². The predicted molar refractivity (Wildman–Crippen MR) is 54.3 cm³/mol. The fraction of sp³-hybridized carbons (Fsp3) is 0.182. The number of aryl methyl sites for hydroxylation is 1. The Kier molecular flexibility index (Phi) is 2.19. The van der Waals surface area contributed by atoms with Gasteiger partial charge < -0.3 is 9.72 Å². The van der Waals surface area contributed by atoms with Gasteiger partial charge in [0, 0.05) is 11.6 Å². The van der Waals surface area contributed by atoms with Crippen LogP contribution in [0.15, 0.2) is 18.3 Å². The molecule has 0 aliphatic heterocycles. The highest BCUT2D eigenvalue weighted by atomic mass is 19.1. The van der Waals surface area contributed by atoms with Gasteiger partial charge in [0.05, 0.1) is 18.2 Å². The van der Waals surface area contributed by atoms with Gasteiger partial charge in [-0.15, -0.1) is 0 Å². The van der Waals surface area contributed by atoms with Crippen LogP contribution in [0, 0.1) is 12.7 Å². The summed E-state index contributed by atoms with van der Waals surface area (Å²) < 4.78 is 18.2. The zero-order valence-corrected chi connectivity index (χ0v) is 8.43. The van der Waals surface area contributed by atoms with Crippen LogP contribution >= 0.6 is 0 Å². The number of hydrogen-bond donors (Lipinski definition) is 1. The van der Waals surface area contributed by atoms with Crippen LogP contribution in [0.1, 0.15) is 15.9 Å². The van der Waals surface area contributed by atoms with E-state index in [1.54, 1.807) is 19.1 Å². The van der Waals surface area contributed by atoms with Crippen LogP contribution in [-0.4, -0.2) is 18.1 Å². The van der Waals surface area contributed by atoms with Crippen molar-refractivity contribution < 1.29 is 13.9 Å². The normalized spacial score (nSPS) is 10.6. The molecule has 4 heteroatoms. The van der Waals surface area contributed by atoms with Gasteiger partial charge in [0.2, 0.25) is 0 Å². The number of carbonyl (C=O) groups is 1. The lowest BCUT2D eigenvalue weighted by atomic mass is 10.1. The van der Waals surface area contributed by atoms with E-state index in [-0.39, 0.29) is 5.82 Å². The van der Waals surface area contributed by atoms with E-state index in [0.717, 1.165) is 0 Å². The van der Waals surface area contributed by atoms with E-state index in [1.165, 1.54) is 13.3 Å². The van der Waals surface area contributed by atoms with Crippen molar-refractivity contribution in [1.82, 2.24) is 4.98 Å². The zero-order valence-electron chi connectivity index (χ0n) is 8.43. The maximum Gasteiger partial charge on any atom is 0.340 e. The third-order valence-electron chi connectivity index (χ3n) is 2.39. The molecule has 0 unspecified atom stereocenters. The summed E-state index contributed by atoms with van der Waals surface area (Å²) in [5.74, 6) is -0.799. The van der Waals surface area contributed by atoms with Crippen LogP contribution in [-0.2, 0) is 4.74 Å². The zero-order chi connectivity index (χ0) is 11.0. The van der Waals surface area contributed by atoms with Gasteiger partial charge in [0.25, 0.3) is 0 Å². The molecule has 0 radical (unpaired) electrons. The lowest BCUT2D eigenvalue weighted by Gasteiger charge is -1.99. The maximum absolute atomic E-state index is 13.6. The van der Waals surface area contributed by atoms with Crippen molar-refractivity contribution in [3.63, 3.8) is 0 Å². The Labute approximate surface area is 85.9 Å². The number of fused-ring (bicyclic) bond motifs is 1. The molecule has 0 bridgehead atoms. The number of nitrogens with one attached hydrogen (secondary N) is 1. The van der Waals surface area contributed by atoms with Crippen LogP contribution in [0.25, 0.3) is 10.9 Å². The van der Waals surface area contributed by atoms with Crippen LogP contribution in [0.2, 0.25) is 0 Å². The molecule has 0 amide bonds. The second-order valence-corrected chi connectivity index (χ2v) is 3.31. The largest absolute Gasteiger partial charge is 0.465 e. The molecule has 2 rings (SSSR count). The molecule has 1 N–H and O–H groups in total. The Hall–Kier alpha value is -1.84. The number of aromatic amines is 1. The van der Waals surface area contributed by atoms with Gasteiger partial charge in [0.15, 0.2) is 0 Å². The number of hydrogen-bond acceptors (Lipinski definition) is 2. The summed E-state index contributed by atoms with van der Waals surface area (Å²) in [6, 6.07) is 3.34. The Morgan fingerprint density at radius 1 is 1.47 bits per heavy atom. The molecule has 0 aliphatic rings. The Morgan fingerprint density at radius 3 is 2.87 bits per heavy atom. The molecule has 0 atom stereocenters. The second-order valence-electron chi connectivity index (χ2n) is 3.31. The topological polar surface area (TPSA) is 42.1 Å². The van der Waals surface area contributed by atoms with E-state index in [2.05, 4.69) is 9.72 Å². The van der Waals surface area contributed by atoms with E-state index in [9.17, 15) is 9.18 Å². The second kappa shape index (κ2) is 3.38. The minimum Gasteiger partial charge on any atom is -0.465 e. The summed E-state index contributed by atoms with van der Waals surface area (Å²) in [6.45, 7) is 1.67. The average molecular weight is 207 g/mol. The third kappa shape index (κ3) is 1.38. The van der Waals surface area contributed by atoms with E-state index in [4.69, 9.17) is 0 Å². The van der Waals surface area contributed by atoms with E-state index in [1.807, 2.05) is 0 Å². The number of H-pyrrole nitrogens is 1. The fourth-order valence-electron chi connectivity index (χ4n) is 1.55. The molecule has 3 nitrogen and oxygen atoms in total. The van der Waals surface area contributed by atoms with Gasteiger partial charge in [0.1, 0.15) is 5.82 Å². The Morgan fingerprint density at radius 2 is 2.20 bits per heavy atom. The van der Waals surface area contributed by atoms with Crippen molar-refractivity contribution in [2.75, 3.05) is 7.11 Å². The van der Waals surface area contributed by atoms with Crippen molar-refractivity contribution >= 4 is 16.9 Å². The number of aromatic nitrogens is 1. The highest BCUT2D eigenvalue weighted by Gasteiger charge is 2.15. The third-order valence-corrected chi connectivity index (χ3v) is 2.39. The van der Waals surface area contributed by atoms with E-state index in [0.29, 0.717) is 22.0 Å². The van der Waals surface area contributed by atoms with Gasteiger partial charge in [-0.25, -0.2) is 9.18 Å². The number of rotatable bonds is 1. The molecule has 15 heavy (non-hydrogen) atoms. The first kappa shape index (κ1) is 9.71.